The molecule has 1 aromatic heterocycles. The average Bonchev–Trinajstić information content (AvgIpc) is 2.44. The summed E-state index contributed by atoms with van der Waals surface area (Å²) in [5, 5.41) is 9.82. The number of carbonyl (C=O) groups is 1. The molecule has 3 N–H and O–H groups in total. The molecule has 0 saturated carbocycles. The van der Waals surface area contributed by atoms with Crippen molar-refractivity contribution in [2.24, 2.45) is 5.73 Å². The van der Waals surface area contributed by atoms with E-state index in [1.807, 2.05) is 38.1 Å². The Morgan fingerprint density at radius 2 is 2.24 bits per heavy atom. The molecule has 0 aliphatic rings. The van der Waals surface area contributed by atoms with Gasteiger partial charge in [-0.15, -0.1) is 11.8 Å². The zero-order chi connectivity index (χ0) is 15.4. The van der Waals surface area contributed by atoms with Gasteiger partial charge in [0.1, 0.15) is 11.8 Å². The number of ether oxygens (including phenoxy) is 1. The Bertz CT molecular complexity index is 661. The summed E-state index contributed by atoms with van der Waals surface area (Å²) in [5.74, 6) is 0.0971. The number of hydrogen-bond donors (Lipinski definition) is 2. The number of aromatic nitrogens is 1. The highest BCUT2D eigenvalue weighted by molar-refractivity contribution is 7.99. The SMILES string of the molecule is CCOc1ccc2nc(C)cc(SC[C@@H](N)C(=O)O)c2c1. The monoisotopic (exact) mass is 306 g/mol. The number of fused-ring (bicyclic) bond motifs is 1. The highest BCUT2D eigenvalue weighted by Gasteiger charge is 2.13. The van der Waals surface area contributed by atoms with Gasteiger partial charge in [0.25, 0.3) is 0 Å². The van der Waals surface area contributed by atoms with Gasteiger partial charge in [-0.05, 0) is 38.1 Å². The molecular formula is C15H18N2O3S. The predicted octanol–water partition coefficient (Wildman–Crippen LogP) is 2.45. The maximum absolute atomic E-state index is 10.8. The minimum Gasteiger partial charge on any atom is -0.494 e. The van der Waals surface area contributed by atoms with Crippen LogP contribution in [0.5, 0.6) is 5.75 Å². The number of aryl methyl sites for hydroxylation is 1. The lowest BCUT2D eigenvalue weighted by atomic mass is 10.2. The maximum atomic E-state index is 10.8. The molecule has 2 aromatic rings. The van der Waals surface area contributed by atoms with Gasteiger partial charge in [0.05, 0.1) is 12.1 Å². The first-order valence-electron chi connectivity index (χ1n) is 6.66. The van der Waals surface area contributed by atoms with Crippen LogP contribution in [0.1, 0.15) is 12.6 Å². The molecular weight excluding hydrogens is 288 g/mol. The fourth-order valence-electron chi connectivity index (χ4n) is 1.93. The van der Waals surface area contributed by atoms with E-state index in [0.29, 0.717) is 12.4 Å². The molecule has 1 heterocycles. The molecule has 0 aliphatic carbocycles. The van der Waals surface area contributed by atoms with Gasteiger partial charge < -0.3 is 15.6 Å². The van der Waals surface area contributed by atoms with Crippen LogP contribution in [0.25, 0.3) is 10.9 Å². The molecule has 1 aromatic carbocycles. The van der Waals surface area contributed by atoms with Crippen molar-refractivity contribution in [3.63, 3.8) is 0 Å². The number of carboxylic acids is 1. The molecule has 0 amide bonds. The van der Waals surface area contributed by atoms with Crippen LogP contribution in [0.3, 0.4) is 0 Å². The predicted molar refractivity (Wildman–Crippen MR) is 84.0 cm³/mol. The Balaban J connectivity index is 2.35. The summed E-state index contributed by atoms with van der Waals surface area (Å²) in [6.45, 7) is 4.44. The van der Waals surface area contributed by atoms with E-state index in [1.165, 1.54) is 11.8 Å². The molecule has 0 radical (unpaired) electrons. The van der Waals surface area contributed by atoms with Gasteiger partial charge >= 0.3 is 5.97 Å². The number of pyridine rings is 1. The Kier molecular flexibility index (Phi) is 5.03. The van der Waals surface area contributed by atoms with Crippen LogP contribution in [0.4, 0.5) is 0 Å². The topological polar surface area (TPSA) is 85.4 Å². The molecule has 112 valence electrons. The first kappa shape index (κ1) is 15.6. The second-order valence-corrected chi connectivity index (χ2v) is 5.69. The van der Waals surface area contributed by atoms with E-state index in [2.05, 4.69) is 4.98 Å². The quantitative estimate of drug-likeness (QED) is 0.797. The third-order valence-electron chi connectivity index (χ3n) is 2.92. The zero-order valence-electron chi connectivity index (χ0n) is 12.0. The van der Waals surface area contributed by atoms with Crippen molar-refractivity contribution in [1.29, 1.82) is 0 Å². The van der Waals surface area contributed by atoms with E-state index >= 15 is 0 Å². The number of carboxylic acid groups (broad SMARTS) is 1. The van der Waals surface area contributed by atoms with Crippen LogP contribution in [0.15, 0.2) is 29.2 Å². The molecule has 0 fully saturated rings. The number of aliphatic carboxylic acids is 1. The minimum absolute atomic E-state index is 0.312. The smallest absolute Gasteiger partial charge is 0.321 e. The van der Waals surface area contributed by atoms with Gasteiger partial charge in [-0.3, -0.25) is 9.78 Å². The van der Waals surface area contributed by atoms with Gasteiger partial charge in [-0.2, -0.15) is 0 Å². The number of hydrogen-bond acceptors (Lipinski definition) is 5. The number of thioether (sulfide) groups is 1. The highest BCUT2D eigenvalue weighted by Crippen LogP contribution is 2.30. The fraction of sp³-hybridized carbons (Fsp3) is 0.333. The van der Waals surface area contributed by atoms with Crippen LogP contribution in [-0.4, -0.2) is 34.5 Å². The summed E-state index contributed by atoms with van der Waals surface area (Å²) in [5.41, 5.74) is 7.32. The molecule has 21 heavy (non-hydrogen) atoms. The Morgan fingerprint density at radius 1 is 1.48 bits per heavy atom. The lowest BCUT2D eigenvalue weighted by Gasteiger charge is -2.11. The number of nitrogens with zero attached hydrogens (tertiary/aromatic N) is 1. The normalized spacial score (nSPS) is 12.3. The zero-order valence-corrected chi connectivity index (χ0v) is 12.8. The van der Waals surface area contributed by atoms with Crippen LogP contribution in [0.2, 0.25) is 0 Å². The summed E-state index contributed by atoms with van der Waals surface area (Å²) >= 11 is 1.43. The van der Waals surface area contributed by atoms with Crippen molar-refractivity contribution in [1.82, 2.24) is 4.98 Å². The largest absolute Gasteiger partial charge is 0.494 e. The summed E-state index contributed by atoms with van der Waals surface area (Å²) in [6, 6.07) is 6.79. The second kappa shape index (κ2) is 6.78. The molecule has 2 rings (SSSR count). The standard InChI is InChI=1S/C15H18N2O3S/c1-3-20-10-4-5-13-11(7-10)14(6-9(2)17-13)21-8-12(16)15(18)19/h4-7,12H,3,8,16H2,1-2H3,(H,18,19)/t12-/m1/s1. The minimum atomic E-state index is -0.993. The van der Waals surface area contributed by atoms with Crippen molar-refractivity contribution >= 4 is 28.6 Å². The lowest BCUT2D eigenvalue weighted by Crippen LogP contribution is -2.32. The molecule has 0 aliphatic heterocycles. The summed E-state index contributed by atoms with van der Waals surface area (Å²) in [4.78, 5) is 16.3. The van der Waals surface area contributed by atoms with E-state index in [4.69, 9.17) is 15.6 Å². The van der Waals surface area contributed by atoms with Gasteiger partial charge in [-0.1, -0.05) is 0 Å². The van der Waals surface area contributed by atoms with E-state index in [9.17, 15) is 4.79 Å². The molecule has 0 saturated heterocycles. The Hall–Kier alpha value is -1.79. The van der Waals surface area contributed by atoms with E-state index in [0.717, 1.165) is 27.2 Å². The highest BCUT2D eigenvalue weighted by atomic mass is 32.2. The summed E-state index contributed by atoms with van der Waals surface area (Å²) < 4.78 is 5.51. The van der Waals surface area contributed by atoms with Crippen LogP contribution < -0.4 is 10.5 Å². The first-order chi connectivity index (χ1) is 10.0. The van der Waals surface area contributed by atoms with Crippen molar-refractivity contribution in [3.8, 4) is 5.75 Å². The third kappa shape index (κ3) is 3.86. The summed E-state index contributed by atoms with van der Waals surface area (Å²) in [7, 11) is 0. The lowest BCUT2D eigenvalue weighted by molar-refractivity contribution is -0.137. The van der Waals surface area contributed by atoms with Crippen molar-refractivity contribution < 1.29 is 14.6 Å². The van der Waals surface area contributed by atoms with E-state index in [-0.39, 0.29) is 0 Å². The van der Waals surface area contributed by atoms with E-state index in [1.54, 1.807) is 0 Å². The third-order valence-corrected chi connectivity index (χ3v) is 4.09. The summed E-state index contributed by atoms with van der Waals surface area (Å²) in [6.07, 6.45) is 0. The molecule has 0 bridgehead atoms. The first-order valence-corrected chi connectivity index (χ1v) is 7.65. The molecule has 5 nitrogen and oxygen atoms in total. The van der Waals surface area contributed by atoms with Crippen LogP contribution in [0, 0.1) is 6.92 Å². The maximum Gasteiger partial charge on any atom is 0.321 e. The van der Waals surface area contributed by atoms with Crippen molar-refractivity contribution in [2.75, 3.05) is 12.4 Å². The number of benzene rings is 1. The van der Waals surface area contributed by atoms with Gasteiger partial charge in [0.2, 0.25) is 0 Å². The Morgan fingerprint density at radius 3 is 2.90 bits per heavy atom. The van der Waals surface area contributed by atoms with Gasteiger partial charge in [0.15, 0.2) is 0 Å². The van der Waals surface area contributed by atoms with Crippen LogP contribution in [-0.2, 0) is 4.79 Å². The van der Waals surface area contributed by atoms with Crippen molar-refractivity contribution in [3.05, 3.63) is 30.0 Å². The van der Waals surface area contributed by atoms with Crippen LogP contribution >= 0.6 is 11.8 Å². The molecule has 0 spiro atoms. The average molecular weight is 306 g/mol. The molecule has 6 heteroatoms. The number of rotatable bonds is 6. The van der Waals surface area contributed by atoms with Gasteiger partial charge in [0, 0.05) is 21.7 Å². The Labute approximate surface area is 127 Å². The second-order valence-electron chi connectivity index (χ2n) is 4.63. The molecule has 1 atom stereocenters. The molecule has 0 unspecified atom stereocenters. The fourth-order valence-corrected chi connectivity index (χ4v) is 3.00. The van der Waals surface area contributed by atoms with Gasteiger partial charge in [-0.25, -0.2) is 0 Å². The number of nitrogens with two attached hydrogens (primary N) is 1. The van der Waals surface area contributed by atoms with Crippen molar-refractivity contribution in [2.45, 2.75) is 24.8 Å². The van der Waals surface area contributed by atoms with E-state index < -0.39 is 12.0 Å².